The van der Waals surface area contributed by atoms with Crippen molar-refractivity contribution in [2.75, 3.05) is 11.9 Å². The molecule has 24 heavy (non-hydrogen) atoms. The third-order valence-corrected chi connectivity index (χ3v) is 3.88. The van der Waals surface area contributed by atoms with E-state index in [1.54, 1.807) is 48.5 Å². The van der Waals surface area contributed by atoms with Crippen LogP contribution in [0.5, 0.6) is 5.75 Å². The summed E-state index contributed by atoms with van der Waals surface area (Å²) in [5.41, 5.74) is 1.61. The Morgan fingerprint density at radius 2 is 1.88 bits per heavy atom. The molecule has 0 spiro atoms. The fraction of sp³-hybridized carbons (Fsp3) is 0.235. The molecule has 0 atom stereocenters. The van der Waals surface area contributed by atoms with Gasteiger partial charge in [-0.1, -0.05) is 25.1 Å². The Morgan fingerprint density at radius 1 is 1.17 bits per heavy atom. The van der Waals surface area contributed by atoms with Gasteiger partial charge in [0.25, 0.3) is 5.91 Å². The first-order valence-corrected chi connectivity index (χ1v) is 9.22. The Bertz CT molecular complexity index is 802. The maximum atomic E-state index is 12.3. The molecule has 0 fully saturated rings. The molecule has 0 saturated heterocycles. The zero-order valence-electron chi connectivity index (χ0n) is 13.4. The van der Waals surface area contributed by atoms with Crippen LogP contribution in [0.1, 0.15) is 29.3 Å². The minimum atomic E-state index is -3.57. The second-order valence-corrected chi connectivity index (χ2v) is 6.95. The fourth-order valence-electron chi connectivity index (χ4n) is 2.07. The number of primary sulfonamides is 1. The van der Waals surface area contributed by atoms with Crippen molar-refractivity contribution in [2.45, 2.75) is 19.1 Å². The molecule has 0 unspecified atom stereocenters. The minimum absolute atomic E-state index is 0.238. The lowest BCUT2D eigenvalue weighted by Gasteiger charge is -2.08. The second kappa shape index (κ2) is 7.94. The maximum Gasteiger partial charge on any atom is 0.255 e. The molecule has 0 aliphatic rings. The highest BCUT2D eigenvalue weighted by Gasteiger charge is 2.09. The van der Waals surface area contributed by atoms with E-state index in [-0.39, 0.29) is 11.7 Å². The number of hydrogen-bond donors (Lipinski definition) is 2. The van der Waals surface area contributed by atoms with Gasteiger partial charge in [0, 0.05) is 11.3 Å². The van der Waals surface area contributed by atoms with E-state index in [0.717, 1.165) is 6.42 Å². The number of nitrogens with two attached hydrogens (primary N) is 1. The molecule has 3 N–H and O–H groups in total. The molecule has 0 aliphatic carbocycles. The van der Waals surface area contributed by atoms with E-state index in [4.69, 9.17) is 9.88 Å². The van der Waals surface area contributed by atoms with Crippen LogP contribution in [0.2, 0.25) is 0 Å². The summed E-state index contributed by atoms with van der Waals surface area (Å²) in [6.45, 7) is 2.60. The first-order chi connectivity index (χ1) is 11.4. The monoisotopic (exact) mass is 348 g/mol. The summed E-state index contributed by atoms with van der Waals surface area (Å²) < 4.78 is 27.6. The molecule has 0 saturated carbocycles. The van der Waals surface area contributed by atoms with Crippen molar-refractivity contribution in [1.82, 2.24) is 0 Å². The van der Waals surface area contributed by atoms with Crippen LogP contribution in [0.4, 0.5) is 5.69 Å². The summed E-state index contributed by atoms with van der Waals surface area (Å²) in [5, 5.41) is 7.76. The van der Waals surface area contributed by atoms with Crippen LogP contribution in [0, 0.1) is 0 Å². The van der Waals surface area contributed by atoms with Crippen molar-refractivity contribution in [3.05, 3.63) is 59.7 Å². The second-order valence-electron chi connectivity index (χ2n) is 5.33. The third kappa shape index (κ3) is 5.68. The van der Waals surface area contributed by atoms with Gasteiger partial charge in [-0.25, -0.2) is 13.6 Å². The van der Waals surface area contributed by atoms with Gasteiger partial charge in [0.15, 0.2) is 0 Å². The molecule has 0 bridgehead atoms. The average Bonchev–Trinajstić information content (AvgIpc) is 2.53. The molecule has 2 rings (SSSR count). The quantitative estimate of drug-likeness (QED) is 0.803. The SMILES string of the molecule is CCCOc1cccc(C(=O)Nc2ccc(CS(N)(=O)=O)cc2)c1. The van der Waals surface area contributed by atoms with Crippen molar-refractivity contribution in [3.8, 4) is 5.75 Å². The van der Waals surface area contributed by atoms with Crippen LogP contribution in [0.15, 0.2) is 48.5 Å². The lowest BCUT2D eigenvalue weighted by Crippen LogP contribution is -2.15. The number of sulfonamides is 1. The van der Waals surface area contributed by atoms with Gasteiger partial charge >= 0.3 is 0 Å². The highest BCUT2D eigenvalue weighted by molar-refractivity contribution is 7.88. The highest BCUT2D eigenvalue weighted by Crippen LogP contribution is 2.16. The predicted molar refractivity (Wildman–Crippen MR) is 93.4 cm³/mol. The number of nitrogens with one attached hydrogen (secondary N) is 1. The normalized spacial score (nSPS) is 11.1. The van der Waals surface area contributed by atoms with Crippen LogP contribution in [0.25, 0.3) is 0 Å². The van der Waals surface area contributed by atoms with Crippen LogP contribution in [-0.4, -0.2) is 20.9 Å². The van der Waals surface area contributed by atoms with Crippen LogP contribution in [0.3, 0.4) is 0 Å². The Kier molecular flexibility index (Phi) is 5.94. The zero-order valence-corrected chi connectivity index (χ0v) is 14.2. The molecule has 1 amide bonds. The average molecular weight is 348 g/mol. The molecule has 0 heterocycles. The number of carbonyl (C=O) groups is 1. The van der Waals surface area contributed by atoms with Crippen molar-refractivity contribution >= 4 is 21.6 Å². The molecular formula is C17H20N2O4S. The summed E-state index contributed by atoms with van der Waals surface area (Å²) in [4.78, 5) is 12.3. The molecule has 6 nitrogen and oxygen atoms in total. The lowest BCUT2D eigenvalue weighted by atomic mass is 10.2. The number of anilines is 1. The molecule has 0 aliphatic heterocycles. The molecule has 0 aromatic heterocycles. The van der Waals surface area contributed by atoms with Gasteiger partial charge in [-0.3, -0.25) is 4.79 Å². The Hall–Kier alpha value is -2.38. The van der Waals surface area contributed by atoms with Crippen molar-refractivity contribution in [1.29, 1.82) is 0 Å². The van der Waals surface area contributed by atoms with Gasteiger partial charge < -0.3 is 10.1 Å². The number of carbonyl (C=O) groups excluding carboxylic acids is 1. The van der Waals surface area contributed by atoms with Crippen LogP contribution >= 0.6 is 0 Å². The number of benzene rings is 2. The topological polar surface area (TPSA) is 98.5 Å². The number of rotatable bonds is 7. The van der Waals surface area contributed by atoms with Crippen LogP contribution in [-0.2, 0) is 15.8 Å². The minimum Gasteiger partial charge on any atom is -0.494 e. The van der Waals surface area contributed by atoms with Gasteiger partial charge in [0.1, 0.15) is 5.75 Å². The number of hydrogen-bond acceptors (Lipinski definition) is 4. The predicted octanol–water partition coefficient (Wildman–Crippen LogP) is 2.52. The summed E-state index contributed by atoms with van der Waals surface area (Å²) >= 11 is 0. The molecule has 7 heteroatoms. The number of ether oxygens (including phenoxy) is 1. The van der Waals surface area contributed by atoms with Crippen molar-refractivity contribution in [2.24, 2.45) is 5.14 Å². The third-order valence-electron chi connectivity index (χ3n) is 3.15. The molecular weight excluding hydrogens is 328 g/mol. The first kappa shape index (κ1) is 18.0. The maximum absolute atomic E-state index is 12.3. The summed E-state index contributed by atoms with van der Waals surface area (Å²) in [6, 6.07) is 13.4. The summed E-state index contributed by atoms with van der Waals surface area (Å²) in [5.74, 6) is 0.141. The fourth-order valence-corrected chi connectivity index (χ4v) is 2.72. The Labute approximate surface area is 141 Å². The van der Waals surface area contributed by atoms with Gasteiger partial charge in [0.2, 0.25) is 10.0 Å². The molecule has 128 valence electrons. The van der Waals surface area contributed by atoms with E-state index in [0.29, 0.717) is 29.2 Å². The summed E-state index contributed by atoms with van der Waals surface area (Å²) in [6.07, 6.45) is 0.890. The Balaban J connectivity index is 2.04. The van der Waals surface area contributed by atoms with Gasteiger partial charge in [0.05, 0.1) is 12.4 Å². The van der Waals surface area contributed by atoms with Gasteiger partial charge in [-0.05, 0) is 42.3 Å². The smallest absolute Gasteiger partial charge is 0.255 e. The molecule has 2 aromatic rings. The van der Waals surface area contributed by atoms with Gasteiger partial charge in [-0.15, -0.1) is 0 Å². The van der Waals surface area contributed by atoms with E-state index in [1.807, 2.05) is 6.92 Å². The van der Waals surface area contributed by atoms with E-state index < -0.39 is 10.0 Å². The Morgan fingerprint density at radius 3 is 2.50 bits per heavy atom. The van der Waals surface area contributed by atoms with E-state index in [2.05, 4.69) is 5.32 Å². The van der Waals surface area contributed by atoms with Crippen LogP contribution < -0.4 is 15.2 Å². The van der Waals surface area contributed by atoms with Crippen molar-refractivity contribution < 1.29 is 17.9 Å². The molecule has 0 radical (unpaired) electrons. The lowest BCUT2D eigenvalue weighted by molar-refractivity contribution is 0.102. The van der Waals surface area contributed by atoms with E-state index in [9.17, 15) is 13.2 Å². The number of amides is 1. The molecule has 2 aromatic carbocycles. The zero-order chi connectivity index (χ0) is 17.6. The highest BCUT2D eigenvalue weighted by atomic mass is 32.2. The van der Waals surface area contributed by atoms with E-state index >= 15 is 0 Å². The van der Waals surface area contributed by atoms with E-state index in [1.165, 1.54) is 0 Å². The standard InChI is InChI=1S/C17H20N2O4S/c1-2-10-23-16-5-3-4-14(11-16)17(20)19-15-8-6-13(7-9-15)12-24(18,21)22/h3-9,11H,2,10,12H2,1H3,(H,19,20)(H2,18,21,22). The largest absolute Gasteiger partial charge is 0.494 e. The summed E-state index contributed by atoms with van der Waals surface area (Å²) in [7, 11) is -3.57. The first-order valence-electron chi connectivity index (χ1n) is 7.51. The van der Waals surface area contributed by atoms with Gasteiger partial charge in [-0.2, -0.15) is 0 Å². The van der Waals surface area contributed by atoms with Crippen molar-refractivity contribution in [3.63, 3.8) is 0 Å².